The summed E-state index contributed by atoms with van der Waals surface area (Å²) in [5.74, 6) is 0.463. The van der Waals surface area contributed by atoms with Gasteiger partial charge in [0.2, 0.25) is 5.95 Å². The second kappa shape index (κ2) is 5.11. The lowest BCUT2D eigenvalue weighted by Crippen LogP contribution is -2.16. The Kier molecular flexibility index (Phi) is 3.52. The molecule has 1 aromatic heterocycles. The van der Waals surface area contributed by atoms with Gasteiger partial charge in [-0.1, -0.05) is 0 Å². The Morgan fingerprint density at radius 2 is 1.95 bits per heavy atom. The van der Waals surface area contributed by atoms with Gasteiger partial charge in [-0.2, -0.15) is 0 Å². The van der Waals surface area contributed by atoms with Crippen LogP contribution in [0.25, 0.3) is 0 Å². The number of aromatic nitrogens is 2. The van der Waals surface area contributed by atoms with Gasteiger partial charge < -0.3 is 10.5 Å². The summed E-state index contributed by atoms with van der Waals surface area (Å²) in [6, 6.07) is 5.89. The highest BCUT2D eigenvalue weighted by atomic mass is 32.2. The molecule has 2 aromatic rings. The summed E-state index contributed by atoms with van der Waals surface area (Å²) in [6.07, 6.45) is 2.87. The largest absolute Gasteiger partial charge is 0.497 e. The number of sulfonamides is 1. The molecule has 3 N–H and O–H groups in total. The molecule has 0 aliphatic carbocycles. The number of rotatable bonds is 4. The average molecular weight is 280 g/mol. The van der Waals surface area contributed by atoms with E-state index in [4.69, 9.17) is 10.5 Å². The topological polar surface area (TPSA) is 107 Å². The highest BCUT2D eigenvalue weighted by Gasteiger charge is 2.19. The summed E-state index contributed by atoms with van der Waals surface area (Å²) in [7, 11) is -2.35. The highest BCUT2D eigenvalue weighted by Crippen LogP contribution is 2.24. The van der Waals surface area contributed by atoms with Crippen LogP contribution in [0.2, 0.25) is 0 Å². The van der Waals surface area contributed by atoms with Crippen molar-refractivity contribution in [3.8, 4) is 5.75 Å². The van der Waals surface area contributed by atoms with E-state index in [1.54, 1.807) is 6.07 Å². The summed E-state index contributed by atoms with van der Waals surface area (Å²) in [5.41, 5.74) is 5.78. The average Bonchev–Trinajstić information content (AvgIpc) is 2.38. The highest BCUT2D eigenvalue weighted by molar-refractivity contribution is 7.92. The number of hydrogen-bond acceptors (Lipinski definition) is 6. The molecular formula is C11H12N4O3S. The molecule has 0 fully saturated rings. The molecule has 0 unspecified atom stereocenters. The van der Waals surface area contributed by atoms with Crippen molar-refractivity contribution >= 4 is 21.7 Å². The molecule has 0 radical (unpaired) electrons. The van der Waals surface area contributed by atoms with Crippen LogP contribution >= 0.6 is 0 Å². The van der Waals surface area contributed by atoms with Crippen molar-refractivity contribution in [1.82, 2.24) is 9.97 Å². The number of methoxy groups -OCH3 is 1. The SMILES string of the molecule is COc1ccc(S(=O)(=O)Nc2ncccn2)c(N)c1. The molecule has 100 valence electrons. The molecule has 2 rings (SSSR count). The summed E-state index contributed by atoms with van der Waals surface area (Å²) in [6.45, 7) is 0. The van der Waals surface area contributed by atoms with Crippen LogP contribution in [-0.4, -0.2) is 25.5 Å². The third kappa shape index (κ3) is 2.91. The first kappa shape index (κ1) is 13.1. The van der Waals surface area contributed by atoms with E-state index in [1.165, 1.54) is 37.7 Å². The molecule has 0 aliphatic heterocycles. The Hall–Kier alpha value is -2.35. The van der Waals surface area contributed by atoms with E-state index in [1.807, 2.05) is 0 Å². The Balaban J connectivity index is 2.35. The summed E-state index contributed by atoms with van der Waals surface area (Å²) in [4.78, 5) is 7.52. The minimum Gasteiger partial charge on any atom is -0.497 e. The van der Waals surface area contributed by atoms with Crippen molar-refractivity contribution in [3.63, 3.8) is 0 Å². The Morgan fingerprint density at radius 1 is 1.26 bits per heavy atom. The number of nitrogens with two attached hydrogens (primary N) is 1. The van der Waals surface area contributed by atoms with Crippen LogP contribution in [-0.2, 0) is 10.0 Å². The smallest absolute Gasteiger partial charge is 0.266 e. The number of benzene rings is 1. The van der Waals surface area contributed by atoms with E-state index in [9.17, 15) is 8.42 Å². The lowest BCUT2D eigenvalue weighted by atomic mass is 10.3. The predicted molar refractivity (Wildman–Crippen MR) is 70.2 cm³/mol. The van der Waals surface area contributed by atoms with Crippen molar-refractivity contribution in [3.05, 3.63) is 36.7 Å². The van der Waals surface area contributed by atoms with Gasteiger partial charge in [0.25, 0.3) is 10.0 Å². The van der Waals surface area contributed by atoms with Gasteiger partial charge in [0, 0.05) is 18.5 Å². The number of nitrogens with zero attached hydrogens (tertiary/aromatic N) is 2. The Labute approximate surface area is 110 Å². The minimum absolute atomic E-state index is 0.0160. The quantitative estimate of drug-likeness (QED) is 0.805. The maximum absolute atomic E-state index is 12.1. The first-order chi connectivity index (χ1) is 9.03. The zero-order valence-corrected chi connectivity index (χ0v) is 10.9. The van der Waals surface area contributed by atoms with Gasteiger partial charge in [0.05, 0.1) is 12.8 Å². The molecule has 0 atom stereocenters. The van der Waals surface area contributed by atoms with Crippen molar-refractivity contribution in [2.24, 2.45) is 0 Å². The molecule has 0 saturated heterocycles. The van der Waals surface area contributed by atoms with Gasteiger partial charge in [0.15, 0.2) is 0 Å². The van der Waals surface area contributed by atoms with Crippen LogP contribution in [0, 0.1) is 0 Å². The van der Waals surface area contributed by atoms with Gasteiger partial charge >= 0.3 is 0 Å². The first-order valence-electron chi connectivity index (χ1n) is 5.26. The summed E-state index contributed by atoms with van der Waals surface area (Å²) < 4.78 is 31.4. The first-order valence-corrected chi connectivity index (χ1v) is 6.74. The van der Waals surface area contributed by atoms with Crippen LogP contribution < -0.4 is 15.2 Å². The van der Waals surface area contributed by atoms with E-state index in [-0.39, 0.29) is 16.5 Å². The van der Waals surface area contributed by atoms with Crippen LogP contribution in [0.15, 0.2) is 41.6 Å². The van der Waals surface area contributed by atoms with E-state index >= 15 is 0 Å². The summed E-state index contributed by atoms with van der Waals surface area (Å²) in [5, 5.41) is 0. The normalized spacial score (nSPS) is 11.0. The van der Waals surface area contributed by atoms with Crippen molar-refractivity contribution in [2.75, 3.05) is 17.6 Å². The van der Waals surface area contributed by atoms with Crippen molar-refractivity contribution < 1.29 is 13.2 Å². The molecular weight excluding hydrogens is 268 g/mol. The van der Waals surface area contributed by atoms with Gasteiger partial charge in [-0.15, -0.1) is 0 Å². The number of nitrogens with one attached hydrogen (secondary N) is 1. The Bertz CT molecular complexity index is 674. The zero-order chi connectivity index (χ0) is 13.9. The molecule has 0 spiro atoms. The zero-order valence-electron chi connectivity index (χ0n) is 10.1. The molecule has 0 saturated carbocycles. The van der Waals surface area contributed by atoms with Crippen LogP contribution in [0.5, 0.6) is 5.75 Å². The van der Waals surface area contributed by atoms with Crippen molar-refractivity contribution in [1.29, 1.82) is 0 Å². The molecule has 0 aliphatic rings. The van der Waals surface area contributed by atoms with Crippen molar-refractivity contribution in [2.45, 2.75) is 4.90 Å². The fourth-order valence-electron chi connectivity index (χ4n) is 1.43. The predicted octanol–water partition coefficient (Wildman–Crippen LogP) is 0.868. The second-order valence-corrected chi connectivity index (χ2v) is 5.23. The molecule has 0 bridgehead atoms. The number of ether oxygens (including phenoxy) is 1. The standard InChI is InChI=1S/C11H12N4O3S/c1-18-8-3-4-10(9(12)7-8)19(16,17)15-11-13-5-2-6-14-11/h2-7H,12H2,1H3,(H,13,14,15). The molecule has 1 aromatic carbocycles. The van der Waals surface area contributed by atoms with Crippen LogP contribution in [0.1, 0.15) is 0 Å². The molecule has 7 nitrogen and oxygen atoms in total. The fourth-order valence-corrected chi connectivity index (χ4v) is 2.50. The van der Waals surface area contributed by atoms with E-state index in [0.29, 0.717) is 5.75 Å². The third-order valence-electron chi connectivity index (χ3n) is 2.30. The van der Waals surface area contributed by atoms with Gasteiger partial charge in [-0.05, 0) is 18.2 Å². The summed E-state index contributed by atoms with van der Waals surface area (Å²) >= 11 is 0. The van der Waals surface area contributed by atoms with Gasteiger partial charge in [-0.3, -0.25) is 0 Å². The second-order valence-electron chi connectivity index (χ2n) is 3.58. The van der Waals surface area contributed by atoms with Crippen LogP contribution in [0.4, 0.5) is 11.6 Å². The number of anilines is 2. The van der Waals surface area contributed by atoms with Crippen LogP contribution in [0.3, 0.4) is 0 Å². The number of hydrogen-bond donors (Lipinski definition) is 2. The minimum atomic E-state index is -3.82. The molecule has 8 heteroatoms. The maximum atomic E-state index is 12.1. The third-order valence-corrected chi connectivity index (χ3v) is 3.70. The Morgan fingerprint density at radius 3 is 2.53 bits per heavy atom. The van der Waals surface area contributed by atoms with Gasteiger partial charge in [-0.25, -0.2) is 23.1 Å². The molecule has 1 heterocycles. The maximum Gasteiger partial charge on any atom is 0.266 e. The lowest BCUT2D eigenvalue weighted by Gasteiger charge is -2.09. The van der Waals surface area contributed by atoms with E-state index in [0.717, 1.165) is 0 Å². The number of nitrogen functional groups attached to an aromatic ring is 1. The lowest BCUT2D eigenvalue weighted by molar-refractivity contribution is 0.414. The fraction of sp³-hybridized carbons (Fsp3) is 0.0909. The molecule has 0 amide bonds. The monoisotopic (exact) mass is 280 g/mol. The molecule has 19 heavy (non-hydrogen) atoms. The van der Waals surface area contributed by atoms with Gasteiger partial charge in [0.1, 0.15) is 10.6 Å². The van der Waals surface area contributed by atoms with E-state index < -0.39 is 10.0 Å². The van der Waals surface area contributed by atoms with E-state index in [2.05, 4.69) is 14.7 Å².